The third kappa shape index (κ3) is 4.98. The van der Waals surface area contributed by atoms with Crippen LogP contribution in [0, 0.1) is 11.3 Å². The van der Waals surface area contributed by atoms with Gasteiger partial charge in [-0.15, -0.1) is 10.2 Å². The molecule has 8 heteroatoms. The summed E-state index contributed by atoms with van der Waals surface area (Å²) in [5.41, 5.74) is 0.122. The molecule has 2 amide bonds. The average Bonchev–Trinajstić information content (AvgIpc) is 3.04. The van der Waals surface area contributed by atoms with Gasteiger partial charge in [-0.05, 0) is 12.3 Å². The first-order chi connectivity index (χ1) is 11.2. The maximum absolute atomic E-state index is 12.4. The van der Waals surface area contributed by atoms with E-state index in [0.29, 0.717) is 18.3 Å². The van der Waals surface area contributed by atoms with Crippen LogP contribution in [-0.2, 0) is 20.7 Å². The lowest BCUT2D eigenvalue weighted by atomic mass is 9.93. The SMILES string of the molecule is COC[C@@H](C)N1C[C@H](C(=O)Nc2nnc(CC(C)(C)C)s2)CC1=O. The van der Waals surface area contributed by atoms with Crippen LogP contribution in [0.5, 0.6) is 0 Å². The quantitative estimate of drug-likeness (QED) is 0.844. The summed E-state index contributed by atoms with van der Waals surface area (Å²) in [7, 11) is 1.60. The standard InChI is InChI=1S/C16H26N4O3S/c1-10(9-23-5)20-8-11(6-13(20)21)14(22)17-15-19-18-12(24-15)7-16(2,3)4/h10-11H,6-9H2,1-5H3,(H,17,19,22)/t10-,11-/m1/s1. The molecule has 0 aromatic carbocycles. The molecule has 2 heterocycles. The average molecular weight is 354 g/mol. The molecule has 24 heavy (non-hydrogen) atoms. The van der Waals surface area contributed by atoms with Gasteiger partial charge in [0, 0.05) is 26.5 Å². The van der Waals surface area contributed by atoms with Gasteiger partial charge in [-0.2, -0.15) is 0 Å². The molecule has 1 saturated heterocycles. The van der Waals surface area contributed by atoms with Gasteiger partial charge in [-0.25, -0.2) is 0 Å². The molecule has 1 aliphatic rings. The van der Waals surface area contributed by atoms with Crippen molar-refractivity contribution in [2.75, 3.05) is 25.6 Å². The van der Waals surface area contributed by atoms with Crippen molar-refractivity contribution in [3.8, 4) is 0 Å². The van der Waals surface area contributed by atoms with Crippen molar-refractivity contribution in [1.29, 1.82) is 0 Å². The van der Waals surface area contributed by atoms with E-state index in [9.17, 15) is 9.59 Å². The highest BCUT2D eigenvalue weighted by Crippen LogP contribution is 2.26. The molecule has 2 rings (SSSR count). The molecule has 0 radical (unpaired) electrons. The lowest BCUT2D eigenvalue weighted by Crippen LogP contribution is -2.38. The molecule has 134 valence electrons. The van der Waals surface area contributed by atoms with Crippen LogP contribution < -0.4 is 5.32 Å². The Hall–Kier alpha value is -1.54. The normalized spacial score (nSPS) is 19.6. The first kappa shape index (κ1) is 18.8. The predicted octanol–water partition coefficient (Wildman–Crippen LogP) is 1.95. The first-order valence-corrected chi connectivity index (χ1v) is 8.93. The number of amides is 2. The molecule has 0 aliphatic carbocycles. The second-order valence-corrected chi connectivity index (χ2v) is 8.54. The number of hydrogen-bond donors (Lipinski definition) is 1. The number of aromatic nitrogens is 2. The third-order valence-electron chi connectivity index (χ3n) is 3.85. The highest BCUT2D eigenvalue weighted by Gasteiger charge is 2.36. The molecule has 7 nitrogen and oxygen atoms in total. The molecule has 1 fully saturated rings. The van der Waals surface area contributed by atoms with Crippen LogP contribution in [0.2, 0.25) is 0 Å². The van der Waals surface area contributed by atoms with E-state index in [4.69, 9.17) is 4.74 Å². The molecule has 1 aromatic rings. The number of carbonyl (C=O) groups is 2. The summed E-state index contributed by atoms with van der Waals surface area (Å²) >= 11 is 1.39. The van der Waals surface area contributed by atoms with Crippen molar-refractivity contribution >= 4 is 28.3 Å². The summed E-state index contributed by atoms with van der Waals surface area (Å²) in [6.45, 7) is 9.20. The molecule has 0 spiro atoms. The number of anilines is 1. The van der Waals surface area contributed by atoms with Gasteiger partial charge < -0.3 is 15.0 Å². The van der Waals surface area contributed by atoms with E-state index in [0.717, 1.165) is 11.4 Å². The monoisotopic (exact) mass is 354 g/mol. The zero-order valence-corrected chi connectivity index (χ0v) is 15.8. The molecule has 1 aliphatic heterocycles. The summed E-state index contributed by atoms with van der Waals surface area (Å²) in [5, 5.41) is 12.3. The van der Waals surface area contributed by atoms with Gasteiger partial charge in [0.05, 0.1) is 18.6 Å². The van der Waals surface area contributed by atoms with Gasteiger partial charge in [0.15, 0.2) is 0 Å². The first-order valence-electron chi connectivity index (χ1n) is 8.11. The maximum Gasteiger partial charge on any atom is 0.231 e. The Morgan fingerprint density at radius 1 is 1.46 bits per heavy atom. The number of nitrogens with zero attached hydrogens (tertiary/aromatic N) is 3. The van der Waals surface area contributed by atoms with E-state index in [1.54, 1.807) is 12.0 Å². The van der Waals surface area contributed by atoms with E-state index in [1.165, 1.54) is 11.3 Å². The topological polar surface area (TPSA) is 84.4 Å². The van der Waals surface area contributed by atoms with Gasteiger partial charge in [0.1, 0.15) is 5.01 Å². The van der Waals surface area contributed by atoms with E-state index >= 15 is 0 Å². The maximum atomic E-state index is 12.4. The van der Waals surface area contributed by atoms with Crippen molar-refractivity contribution in [2.45, 2.75) is 46.6 Å². The van der Waals surface area contributed by atoms with Crippen molar-refractivity contribution in [3.05, 3.63) is 5.01 Å². The summed E-state index contributed by atoms with van der Waals surface area (Å²) < 4.78 is 5.09. The van der Waals surface area contributed by atoms with Crippen LogP contribution in [0.3, 0.4) is 0 Å². The van der Waals surface area contributed by atoms with E-state index < -0.39 is 0 Å². The molecule has 0 bridgehead atoms. The van der Waals surface area contributed by atoms with Gasteiger partial charge in [-0.1, -0.05) is 32.1 Å². The van der Waals surface area contributed by atoms with Crippen LogP contribution in [0.25, 0.3) is 0 Å². The number of nitrogens with one attached hydrogen (secondary N) is 1. The summed E-state index contributed by atoms with van der Waals surface area (Å²) in [6.07, 6.45) is 1.04. The van der Waals surface area contributed by atoms with Crippen molar-refractivity contribution < 1.29 is 14.3 Å². The number of likely N-dealkylation sites (tertiary alicyclic amines) is 1. The van der Waals surface area contributed by atoms with Gasteiger partial charge >= 0.3 is 0 Å². The summed E-state index contributed by atoms with van der Waals surface area (Å²) in [6, 6.07) is -0.0276. The minimum absolute atomic E-state index is 0.00890. The fraction of sp³-hybridized carbons (Fsp3) is 0.750. The Labute approximate surface area is 146 Å². The molecule has 0 unspecified atom stereocenters. The van der Waals surface area contributed by atoms with Crippen molar-refractivity contribution in [2.24, 2.45) is 11.3 Å². The van der Waals surface area contributed by atoms with Gasteiger partial charge in [0.2, 0.25) is 16.9 Å². The fourth-order valence-corrected chi connectivity index (χ4v) is 3.74. The minimum Gasteiger partial charge on any atom is -0.383 e. The Balaban J connectivity index is 1.92. The fourth-order valence-electron chi connectivity index (χ4n) is 2.70. The summed E-state index contributed by atoms with van der Waals surface area (Å²) in [4.78, 5) is 26.2. The van der Waals surface area contributed by atoms with E-state index in [1.807, 2.05) is 6.92 Å². The Morgan fingerprint density at radius 3 is 2.79 bits per heavy atom. The van der Waals surface area contributed by atoms with Crippen LogP contribution >= 0.6 is 11.3 Å². The molecule has 0 saturated carbocycles. The molecule has 1 aromatic heterocycles. The highest BCUT2D eigenvalue weighted by atomic mass is 32.1. The zero-order valence-electron chi connectivity index (χ0n) is 15.0. The molecule has 1 N–H and O–H groups in total. The van der Waals surface area contributed by atoms with Crippen molar-refractivity contribution in [1.82, 2.24) is 15.1 Å². The lowest BCUT2D eigenvalue weighted by molar-refractivity contribution is -0.130. The highest BCUT2D eigenvalue weighted by molar-refractivity contribution is 7.15. The lowest BCUT2D eigenvalue weighted by Gasteiger charge is -2.23. The molecular formula is C16H26N4O3S. The summed E-state index contributed by atoms with van der Waals surface area (Å²) in [5.74, 6) is -0.536. The van der Waals surface area contributed by atoms with E-state index in [-0.39, 0.29) is 35.6 Å². The van der Waals surface area contributed by atoms with Gasteiger partial charge in [0.25, 0.3) is 0 Å². The molecule has 2 atom stereocenters. The van der Waals surface area contributed by atoms with Crippen molar-refractivity contribution in [3.63, 3.8) is 0 Å². The van der Waals surface area contributed by atoms with Crippen LogP contribution in [0.4, 0.5) is 5.13 Å². The van der Waals surface area contributed by atoms with Crippen LogP contribution in [0.15, 0.2) is 0 Å². The number of hydrogen-bond acceptors (Lipinski definition) is 6. The minimum atomic E-state index is -0.355. The number of methoxy groups -OCH3 is 1. The third-order valence-corrected chi connectivity index (χ3v) is 4.69. The Bertz CT molecular complexity index is 596. The molecular weight excluding hydrogens is 328 g/mol. The zero-order chi connectivity index (χ0) is 17.9. The number of rotatable bonds is 6. The van der Waals surface area contributed by atoms with E-state index in [2.05, 4.69) is 36.3 Å². The predicted molar refractivity (Wildman–Crippen MR) is 92.9 cm³/mol. The second kappa shape index (κ2) is 7.57. The number of carbonyl (C=O) groups excluding carboxylic acids is 2. The smallest absolute Gasteiger partial charge is 0.231 e. The second-order valence-electron chi connectivity index (χ2n) is 7.48. The number of ether oxygens (including phenoxy) is 1. The largest absolute Gasteiger partial charge is 0.383 e. The Morgan fingerprint density at radius 2 is 2.17 bits per heavy atom. The van der Waals surface area contributed by atoms with Gasteiger partial charge in [-0.3, -0.25) is 9.59 Å². The van der Waals surface area contributed by atoms with Crippen LogP contribution in [-0.4, -0.2) is 53.2 Å². The van der Waals surface area contributed by atoms with Crippen LogP contribution in [0.1, 0.15) is 39.1 Å². The Kier molecular flexibility index (Phi) is 5.92.